The lowest BCUT2D eigenvalue weighted by Crippen LogP contribution is -2.40. The predicted octanol–water partition coefficient (Wildman–Crippen LogP) is 4.12. The molecule has 100 valence electrons. The first-order valence-electron chi connectivity index (χ1n) is 5.94. The highest BCUT2D eigenvalue weighted by molar-refractivity contribution is 9.10. The largest absolute Gasteiger partial charge is 0.454 e. The highest BCUT2D eigenvalue weighted by Gasteiger charge is 2.43. The van der Waals surface area contributed by atoms with Gasteiger partial charge in [0.25, 0.3) is 0 Å². The molecule has 1 saturated carbocycles. The maximum Gasteiger partial charge on any atom is 0.396 e. The van der Waals surface area contributed by atoms with Crippen LogP contribution in [-0.4, -0.2) is 16.4 Å². The monoisotopic (exact) mass is 312 g/mol. The van der Waals surface area contributed by atoms with E-state index in [2.05, 4.69) is 13.8 Å². The van der Waals surface area contributed by atoms with Crippen LogP contribution in [-0.2, 0) is 9.53 Å². The zero-order chi connectivity index (χ0) is 13.3. The van der Waals surface area contributed by atoms with Crippen LogP contribution >= 0.6 is 15.9 Å². The second kappa shape index (κ2) is 5.21. The van der Waals surface area contributed by atoms with Gasteiger partial charge >= 0.3 is 10.8 Å². The van der Waals surface area contributed by atoms with Crippen molar-refractivity contribution < 1.29 is 18.3 Å². The Morgan fingerprint density at radius 1 is 1.41 bits per heavy atom. The van der Waals surface area contributed by atoms with E-state index >= 15 is 0 Å². The third kappa shape index (κ3) is 4.19. The Balaban J connectivity index is 2.53. The third-order valence-corrected chi connectivity index (χ3v) is 3.93. The van der Waals surface area contributed by atoms with Crippen molar-refractivity contribution in [3.8, 4) is 0 Å². The molecule has 0 atom stereocenters. The fourth-order valence-electron chi connectivity index (χ4n) is 2.30. The molecule has 0 unspecified atom stereocenters. The second-order valence-corrected chi connectivity index (χ2v) is 6.41. The Morgan fingerprint density at radius 2 is 1.88 bits per heavy atom. The SMILES string of the molecule is CC(C)C1CCC(C)(OC(=O)C(F)(F)Br)CC1. The molecule has 1 aliphatic rings. The minimum absolute atomic E-state index is 0.591. The van der Waals surface area contributed by atoms with E-state index in [9.17, 15) is 13.6 Å². The van der Waals surface area contributed by atoms with Crippen molar-refractivity contribution in [2.45, 2.75) is 56.9 Å². The summed E-state index contributed by atoms with van der Waals surface area (Å²) in [5.41, 5.74) is -0.736. The summed E-state index contributed by atoms with van der Waals surface area (Å²) in [4.78, 5) is 7.56. The van der Waals surface area contributed by atoms with Gasteiger partial charge in [-0.15, -0.1) is 0 Å². The molecule has 0 aromatic carbocycles. The first kappa shape index (κ1) is 14.9. The Bertz CT molecular complexity index is 279. The summed E-state index contributed by atoms with van der Waals surface area (Å²) in [5, 5.41) is 0. The first-order valence-corrected chi connectivity index (χ1v) is 6.73. The van der Waals surface area contributed by atoms with Crippen molar-refractivity contribution in [3.63, 3.8) is 0 Å². The number of esters is 1. The van der Waals surface area contributed by atoms with E-state index in [1.165, 1.54) is 0 Å². The van der Waals surface area contributed by atoms with Crippen LogP contribution in [0.5, 0.6) is 0 Å². The molecule has 0 aromatic heterocycles. The van der Waals surface area contributed by atoms with Crippen LogP contribution in [0.2, 0.25) is 0 Å². The number of halogens is 3. The molecule has 17 heavy (non-hydrogen) atoms. The fraction of sp³-hybridized carbons (Fsp3) is 0.917. The molecule has 2 nitrogen and oxygen atoms in total. The van der Waals surface area contributed by atoms with Crippen molar-refractivity contribution >= 4 is 21.9 Å². The van der Waals surface area contributed by atoms with E-state index in [4.69, 9.17) is 4.74 Å². The van der Waals surface area contributed by atoms with Gasteiger partial charge in [-0.1, -0.05) is 13.8 Å². The minimum Gasteiger partial charge on any atom is -0.454 e. The summed E-state index contributed by atoms with van der Waals surface area (Å²) in [6, 6.07) is 0. The predicted molar refractivity (Wildman–Crippen MR) is 65.2 cm³/mol. The summed E-state index contributed by atoms with van der Waals surface area (Å²) in [5.74, 6) is -0.290. The van der Waals surface area contributed by atoms with Crippen LogP contribution in [0.25, 0.3) is 0 Å². The molecule has 0 amide bonds. The number of hydrogen-bond acceptors (Lipinski definition) is 2. The maximum absolute atomic E-state index is 12.7. The number of alkyl halides is 3. The molecular weight excluding hydrogens is 294 g/mol. The van der Waals surface area contributed by atoms with Gasteiger partial charge in [-0.05, 0) is 44.4 Å². The third-order valence-electron chi connectivity index (χ3n) is 3.60. The van der Waals surface area contributed by atoms with Crippen molar-refractivity contribution in [2.24, 2.45) is 11.8 Å². The lowest BCUT2D eigenvalue weighted by Gasteiger charge is -2.38. The summed E-state index contributed by atoms with van der Waals surface area (Å²) < 4.78 is 30.3. The first-order chi connectivity index (χ1) is 7.64. The van der Waals surface area contributed by atoms with Crippen molar-refractivity contribution in [2.75, 3.05) is 0 Å². The number of carbonyl (C=O) groups is 1. The molecule has 5 heteroatoms. The Kier molecular flexibility index (Phi) is 4.55. The standard InChI is InChI=1S/C12H19BrF2O2/c1-8(2)9-4-6-11(3,7-5-9)17-10(16)12(13,14)15/h8-9H,4-7H2,1-3H3. The molecule has 0 heterocycles. The molecule has 1 rings (SSSR count). The van der Waals surface area contributed by atoms with Crippen molar-refractivity contribution in [1.29, 1.82) is 0 Å². The van der Waals surface area contributed by atoms with E-state index in [-0.39, 0.29) is 0 Å². The van der Waals surface area contributed by atoms with Gasteiger partial charge < -0.3 is 4.74 Å². The van der Waals surface area contributed by atoms with Crippen LogP contribution in [0, 0.1) is 11.8 Å². The van der Waals surface area contributed by atoms with Crippen molar-refractivity contribution in [1.82, 2.24) is 0 Å². The van der Waals surface area contributed by atoms with E-state index in [0.29, 0.717) is 24.7 Å². The molecule has 0 N–H and O–H groups in total. The molecule has 0 aliphatic heterocycles. The summed E-state index contributed by atoms with van der Waals surface area (Å²) in [6.07, 6.45) is 3.17. The van der Waals surface area contributed by atoms with E-state index in [1.807, 2.05) is 15.9 Å². The average Bonchev–Trinajstić information content (AvgIpc) is 2.16. The number of carbonyl (C=O) groups excluding carboxylic acids is 1. The topological polar surface area (TPSA) is 26.3 Å². The maximum atomic E-state index is 12.7. The molecule has 0 spiro atoms. The molecular formula is C12H19BrF2O2. The average molecular weight is 313 g/mol. The lowest BCUT2D eigenvalue weighted by atomic mass is 9.75. The summed E-state index contributed by atoms with van der Waals surface area (Å²) in [6.45, 7) is 6.05. The molecule has 0 saturated heterocycles. The number of rotatable bonds is 3. The van der Waals surface area contributed by atoms with E-state index in [1.54, 1.807) is 6.92 Å². The normalized spacial score (nSPS) is 30.4. The lowest BCUT2D eigenvalue weighted by molar-refractivity contribution is -0.178. The van der Waals surface area contributed by atoms with Gasteiger partial charge in [0.1, 0.15) is 5.60 Å². The van der Waals surface area contributed by atoms with Crippen LogP contribution in [0.4, 0.5) is 8.78 Å². The van der Waals surface area contributed by atoms with Gasteiger partial charge in [0.2, 0.25) is 0 Å². The number of hydrogen-bond donors (Lipinski definition) is 0. The smallest absolute Gasteiger partial charge is 0.396 e. The highest BCUT2D eigenvalue weighted by atomic mass is 79.9. The van der Waals surface area contributed by atoms with Crippen LogP contribution in [0.3, 0.4) is 0 Å². The van der Waals surface area contributed by atoms with Crippen LogP contribution in [0.15, 0.2) is 0 Å². The summed E-state index contributed by atoms with van der Waals surface area (Å²) >= 11 is 2.02. The molecule has 0 bridgehead atoms. The molecule has 1 fully saturated rings. The summed E-state index contributed by atoms with van der Waals surface area (Å²) in [7, 11) is 0. The van der Waals surface area contributed by atoms with Crippen LogP contribution < -0.4 is 0 Å². The molecule has 1 aliphatic carbocycles. The van der Waals surface area contributed by atoms with Crippen molar-refractivity contribution in [3.05, 3.63) is 0 Å². The minimum atomic E-state index is -3.58. The Labute approximate surface area is 109 Å². The fourth-order valence-corrected chi connectivity index (χ4v) is 2.38. The molecule has 0 aromatic rings. The van der Waals surface area contributed by atoms with Gasteiger partial charge in [-0.3, -0.25) is 0 Å². The van der Waals surface area contributed by atoms with Gasteiger partial charge in [0.05, 0.1) is 0 Å². The van der Waals surface area contributed by atoms with E-state index < -0.39 is 16.4 Å². The van der Waals surface area contributed by atoms with Gasteiger partial charge in [-0.25, -0.2) is 4.79 Å². The quantitative estimate of drug-likeness (QED) is 0.579. The second-order valence-electron chi connectivity index (χ2n) is 5.42. The Hall–Kier alpha value is -0.190. The number of ether oxygens (including phenoxy) is 1. The van der Waals surface area contributed by atoms with Crippen LogP contribution in [0.1, 0.15) is 46.5 Å². The Morgan fingerprint density at radius 3 is 2.24 bits per heavy atom. The zero-order valence-corrected chi connectivity index (χ0v) is 12.0. The highest BCUT2D eigenvalue weighted by Crippen LogP contribution is 2.39. The van der Waals surface area contributed by atoms with Gasteiger partial charge in [0, 0.05) is 15.9 Å². The van der Waals surface area contributed by atoms with Gasteiger partial charge in [0.15, 0.2) is 0 Å². The van der Waals surface area contributed by atoms with E-state index in [0.717, 1.165) is 12.8 Å². The zero-order valence-electron chi connectivity index (χ0n) is 10.4. The molecule has 0 radical (unpaired) electrons. The van der Waals surface area contributed by atoms with Gasteiger partial charge in [-0.2, -0.15) is 8.78 Å².